The maximum absolute atomic E-state index is 9.51. The second-order valence-electron chi connectivity index (χ2n) is 6.62. The van der Waals surface area contributed by atoms with Crippen LogP contribution >= 0.6 is 0 Å². The van der Waals surface area contributed by atoms with Gasteiger partial charge in [-0.15, -0.1) is 0 Å². The zero-order valence-electron chi connectivity index (χ0n) is 14.0. The standard InChI is InChI=1S/C19H32OSi/c1-4-5-6-8-12-18(17-20)13-11-16-21(2,3)19-14-9-7-10-15-19/h7,9-11,14-16,18,20H,4-6,8,12-13,17H2,1-3H3/b16-11-. The van der Waals surface area contributed by atoms with Gasteiger partial charge < -0.3 is 5.11 Å². The van der Waals surface area contributed by atoms with Crippen LogP contribution in [0.2, 0.25) is 13.1 Å². The van der Waals surface area contributed by atoms with Crippen LogP contribution in [0.5, 0.6) is 0 Å². The Bertz CT molecular complexity index is 397. The highest BCUT2D eigenvalue weighted by molar-refractivity contribution is 6.93. The molecular formula is C19H32OSi. The topological polar surface area (TPSA) is 20.2 Å². The Hall–Kier alpha value is -0.863. The third-order valence-electron chi connectivity index (χ3n) is 4.25. The third-order valence-corrected chi connectivity index (χ3v) is 7.14. The number of hydrogen-bond acceptors (Lipinski definition) is 1. The van der Waals surface area contributed by atoms with E-state index in [-0.39, 0.29) is 0 Å². The van der Waals surface area contributed by atoms with Crippen LogP contribution in [0, 0.1) is 5.92 Å². The summed E-state index contributed by atoms with van der Waals surface area (Å²) < 4.78 is 0. The summed E-state index contributed by atoms with van der Waals surface area (Å²) in [6.07, 6.45) is 9.66. The Balaban J connectivity index is 2.44. The number of hydrogen-bond donors (Lipinski definition) is 1. The summed E-state index contributed by atoms with van der Waals surface area (Å²) in [5.74, 6) is 0.443. The minimum Gasteiger partial charge on any atom is -0.396 e. The zero-order chi connectivity index (χ0) is 15.6. The fourth-order valence-electron chi connectivity index (χ4n) is 2.66. The molecule has 2 heteroatoms. The highest BCUT2D eigenvalue weighted by atomic mass is 28.3. The Morgan fingerprint density at radius 3 is 2.43 bits per heavy atom. The predicted octanol–water partition coefficient (Wildman–Crippen LogP) is 4.67. The lowest BCUT2D eigenvalue weighted by Crippen LogP contribution is -2.39. The van der Waals surface area contributed by atoms with E-state index >= 15 is 0 Å². The van der Waals surface area contributed by atoms with Crippen molar-refractivity contribution in [2.45, 2.75) is 58.5 Å². The molecule has 0 fully saturated rings. The second kappa shape index (κ2) is 9.96. The lowest BCUT2D eigenvalue weighted by atomic mass is 9.98. The first-order valence-electron chi connectivity index (χ1n) is 8.44. The van der Waals surface area contributed by atoms with Crippen molar-refractivity contribution < 1.29 is 5.11 Å². The molecule has 1 aromatic rings. The van der Waals surface area contributed by atoms with E-state index in [4.69, 9.17) is 0 Å². The van der Waals surface area contributed by atoms with E-state index in [0.29, 0.717) is 12.5 Å². The number of aliphatic hydroxyl groups excluding tert-OH is 1. The summed E-state index contributed by atoms with van der Waals surface area (Å²) in [5.41, 5.74) is 2.43. The van der Waals surface area contributed by atoms with E-state index in [9.17, 15) is 5.11 Å². The molecule has 1 nitrogen and oxygen atoms in total. The van der Waals surface area contributed by atoms with E-state index in [0.717, 1.165) is 12.8 Å². The van der Waals surface area contributed by atoms with Gasteiger partial charge in [-0.2, -0.15) is 0 Å². The third kappa shape index (κ3) is 7.10. The molecule has 0 aromatic heterocycles. The maximum Gasteiger partial charge on any atom is 0.103 e. The number of allylic oxidation sites excluding steroid dienone is 1. The summed E-state index contributed by atoms with van der Waals surface area (Å²) in [7, 11) is -1.47. The van der Waals surface area contributed by atoms with E-state index in [1.807, 2.05) is 0 Å². The summed E-state index contributed by atoms with van der Waals surface area (Å²) in [6.45, 7) is 7.33. The first kappa shape index (κ1) is 18.2. The molecule has 1 aromatic carbocycles. The van der Waals surface area contributed by atoms with Crippen LogP contribution in [-0.2, 0) is 0 Å². The van der Waals surface area contributed by atoms with Gasteiger partial charge >= 0.3 is 0 Å². The quantitative estimate of drug-likeness (QED) is 0.492. The summed E-state index contributed by atoms with van der Waals surface area (Å²) in [5, 5.41) is 11.0. The molecule has 0 aliphatic carbocycles. The SMILES string of the molecule is CCCCCCC(CO)C/C=C\[Si](C)(C)c1ccccc1. The zero-order valence-corrected chi connectivity index (χ0v) is 15.0. The number of unbranched alkanes of at least 4 members (excludes halogenated alkanes) is 3. The molecule has 1 unspecified atom stereocenters. The normalized spacial score (nSPS) is 13.7. The Morgan fingerprint density at radius 1 is 1.10 bits per heavy atom. The van der Waals surface area contributed by atoms with Gasteiger partial charge in [0.05, 0.1) is 0 Å². The number of aliphatic hydroxyl groups is 1. The van der Waals surface area contributed by atoms with Crippen LogP contribution < -0.4 is 5.19 Å². The van der Waals surface area contributed by atoms with Crippen LogP contribution in [-0.4, -0.2) is 19.8 Å². The maximum atomic E-state index is 9.51. The lowest BCUT2D eigenvalue weighted by Gasteiger charge is -2.19. The van der Waals surface area contributed by atoms with Crippen molar-refractivity contribution in [3.05, 3.63) is 42.1 Å². The van der Waals surface area contributed by atoms with E-state index in [1.165, 1.54) is 30.9 Å². The predicted molar refractivity (Wildman–Crippen MR) is 96.6 cm³/mol. The van der Waals surface area contributed by atoms with Crippen LogP contribution in [0.15, 0.2) is 42.1 Å². The van der Waals surface area contributed by atoms with Gasteiger partial charge in [0.15, 0.2) is 0 Å². The highest BCUT2D eigenvalue weighted by Crippen LogP contribution is 2.15. The molecule has 0 radical (unpaired) electrons. The van der Waals surface area contributed by atoms with Crippen LogP contribution in [0.1, 0.15) is 45.4 Å². The van der Waals surface area contributed by atoms with E-state index in [2.05, 4.69) is 62.1 Å². The van der Waals surface area contributed by atoms with Crippen LogP contribution in [0.25, 0.3) is 0 Å². The van der Waals surface area contributed by atoms with Gasteiger partial charge in [0.1, 0.15) is 8.07 Å². The van der Waals surface area contributed by atoms with Crippen molar-refractivity contribution in [2.75, 3.05) is 6.61 Å². The first-order valence-corrected chi connectivity index (χ1v) is 11.5. The van der Waals surface area contributed by atoms with Gasteiger partial charge in [-0.3, -0.25) is 0 Å². The summed E-state index contributed by atoms with van der Waals surface area (Å²) in [6, 6.07) is 10.8. The monoisotopic (exact) mass is 304 g/mol. The van der Waals surface area contributed by atoms with Crippen molar-refractivity contribution in [1.29, 1.82) is 0 Å². The van der Waals surface area contributed by atoms with Gasteiger partial charge in [-0.1, -0.05) is 93.0 Å². The molecule has 0 saturated carbocycles. The molecule has 0 saturated heterocycles. The number of rotatable bonds is 10. The fourth-order valence-corrected chi connectivity index (χ4v) is 4.63. The van der Waals surface area contributed by atoms with Crippen molar-refractivity contribution >= 4 is 13.3 Å². The number of benzene rings is 1. The van der Waals surface area contributed by atoms with Crippen molar-refractivity contribution in [3.63, 3.8) is 0 Å². The first-order chi connectivity index (χ1) is 10.1. The molecule has 0 heterocycles. The van der Waals surface area contributed by atoms with E-state index < -0.39 is 8.07 Å². The smallest absolute Gasteiger partial charge is 0.103 e. The van der Waals surface area contributed by atoms with Crippen molar-refractivity contribution in [3.8, 4) is 0 Å². The Labute approximate surface area is 132 Å². The van der Waals surface area contributed by atoms with Crippen LogP contribution in [0.4, 0.5) is 0 Å². The Morgan fingerprint density at radius 2 is 1.81 bits per heavy atom. The molecule has 0 aliphatic rings. The average molecular weight is 305 g/mol. The van der Waals surface area contributed by atoms with Gasteiger partial charge in [0, 0.05) is 6.61 Å². The van der Waals surface area contributed by atoms with Gasteiger partial charge in [0.25, 0.3) is 0 Å². The van der Waals surface area contributed by atoms with Crippen LogP contribution in [0.3, 0.4) is 0 Å². The molecule has 21 heavy (non-hydrogen) atoms. The minimum absolute atomic E-state index is 0.323. The fraction of sp³-hybridized carbons (Fsp3) is 0.579. The molecule has 0 aliphatic heterocycles. The average Bonchev–Trinajstić information content (AvgIpc) is 2.50. The molecule has 118 valence electrons. The molecule has 0 spiro atoms. The molecule has 0 amide bonds. The molecule has 0 bridgehead atoms. The summed E-state index contributed by atoms with van der Waals surface area (Å²) >= 11 is 0. The van der Waals surface area contributed by atoms with E-state index in [1.54, 1.807) is 0 Å². The van der Waals surface area contributed by atoms with Gasteiger partial charge in [-0.05, 0) is 18.8 Å². The van der Waals surface area contributed by atoms with Crippen molar-refractivity contribution in [1.82, 2.24) is 0 Å². The molecule has 1 N–H and O–H groups in total. The molecule has 1 atom stereocenters. The largest absolute Gasteiger partial charge is 0.396 e. The minimum atomic E-state index is -1.47. The van der Waals surface area contributed by atoms with Gasteiger partial charge in [-0.25, -0.2) is 0 Å². The Kier molecular flexibility index (Phi) is 8.63. The highest BCUT2D eigenvalue weighted by Gasteiger charge is 2.19. The summed E-state index contributed by atoms with van der Waals surface area (Å²) in [4.78, 5) is 0. The lowest BCUT2D eigenvalue weighted by molar-refractivity contribution is 0.216. The second-order valence-corrected chi connectivity index (χ2v) is 11.0. The van der Waals surface area contributed by atoms with Crippen molar-refractivity contribution in [2.24, 2.45) is 5.92 Å². The molecule has 1 rings (SSSR count). The van der Waals surface area contributed by atoms with Gasteiger partial charge in [0.2, 0.25) is 0 Å². The molecular weight excluding hydrogens is 272 g/mol.